The van der Waals surface area contributed by atoms with Gasteiger partial charge in [0.25, 0.3) is 0 Å². The van der Waals surface area contributed by atoms with E-state index >= 15 is 0 Å². The van der Waals surface area contributed by atoms with E-state index in [0.717, 1.165) is 0 Å². The standard InChI is InChI=1S/C13H13ClN4O3/c1-3-15-13-12(18(19)20)11(16-7-17-13)8-4-5-9(14)10(6-8)21-2/h4-7H,3H2,1-2H3,(H,15,16,17). The van der Waals surface area contributed by atoms with E-state index in [4.69, 9.17) is 16.3 Å². The quantitative estimate of drug-likeness (QED) is 0.674. The molecule has 21 heavy (non-hydrogen) atoms. The van der Waals surface area contributed by atoms with Gasteiger partial charge in [0.2, 0.25) is 5.82 Å². The van der Waals surface area contributed by atoms with Crippen molar-refractivity contribution in [2.45, 2.75) is 6.92 Å². The van der Waals surface area contributed by atoms with Crippen molar-refractivity contribution in [3.63, 3.8) is 0 Å². The number of nitrogens with zero attached hydrogens (tertiary/aromatic N) is 3. The second-order valence-corrected chi connectivity index (χ2v) is 4.46. The van der Waals surface area contributed by atoms with Gasteiger partial charge in [-0.3, -0.25) is 10.1 Å². The summed E-state index contributed by atoms with van der Waals surface area (Å²) >= 11 is 5.96. The molecule has 7 nitrogen and oxygen atoms in total. The number of nitrogens with one attached hydrogen (secondary N) is 1. The average Bonchev–Trinajstić information content (AvgIpc) is 2.47. The van der Waals surface area contributed by atoms with Gasteiger partial charge in [-0.1, -0.05) is 17.7 Å². The number of nitro groups is 1. The molecular weight excluding hydrogens is 296 g/mol. The molecular formula is C13H13ClN4O3. The Morgan fingerprint density at radius 2 is 2.19 bits per heavy atom. The fraction of sp³-hybridized carbons (Fsp3) is 0.231. The summed E-state index contributed by atoms with van der Waals surface area (Å²) in [5.41, 5.74) is 0.564. The van der Waals surface area contributed by atoms with Crippen molar-refractivity contribution in [3.05, 3.63) is 39.7 Å². The molecule has 0 saturated carbocycles. The Kier molecular flexibility index (Phi) is 4.54. The number of ether oxygens (including phenoxy) is 1. The van der Waals surface area contributed by atoms with Gasteiger partial charge in [-0.05, 0) is 19.1 Å². The molecule has 1 heterocycles. The minimum Gasteiger partial charge on any atom is -0.495 e. The second-order valence-electron chi connectivity index (χ2n) is 4.06. The fourth-order valence-corrected chi connectivity index (χ4v) is 2.06. The molecule has 2 aromatic rings. The number of benzene rings is 1. The lowest BCUT2D eigenvalue weighted by Crippen LogP contribution is -2.06. The summed E-state index contributed by atoms with van der Waals surface area (Å²) in [5.74, 6) is 0.605. The van der Waals surface area contributed by atoms with Gasteiger partial charge in [-0.25, -0.2) is 9.97 Å². The van der Waals surface area contributed by atoms with E-state index in [1.165, 1.54) is 13.4 Å². The van der Waals surface area contributed by atoms with Crippen LogP contribution in [-0.2, 0) is 0 Å². The van der Waals surface area contributed by atoms with Gasteiger partial charge in [0.15, 0.2) is 5.69 Å². The maximum Gasteiger partial charge on any atom is 0.337 e. The van der Waals surface area contributed by atoms with Gasteiger partial charge in [0.05, 0.1) is 17.1 Å². The maximum atomic E-state index is 11.3. The molecule has 1 aromatic heterocycles. The Hall–Kier alpha value is -2.41. The number of halogens is 1. The van der Waals surface area contributed by atoms with Crippen LogP contribution in [0.4, 0.5) is 11.5 Å². The first kappa shape index (κ1) is 15.0. The zero-order chi connectivity index (χ0) is 15.4. The lowest BCUT2D eigenvalue weighted by atomic mass is 10.1. The Morgan fingerprint density at radius 3 is 2.81 bits per heavy atom. The zero-order valence-electron chi connectivity index (χ0n) is 11.5. The Balaban J connectivity index is 2.63. The minimum absolute atomic E-state index is 0.177. The van der Waals surface area contributed by atoms with E-state index in [1.807, 2.05) is 6.92 Å². The summed E-state index contributed by atoms with van der Waals surface area (Å²) in [4.78, 5) is 18.8. The second kappa shape index (κ2) is 6.36. The third-order valence-electron chi connectivity index (χ3n) is 2.77. The Labute approximate surface area is 126 Å². The number of methoxy groups -OCH3 is 1. The van der Waals surface area contributed by atoms with Crippen LogP contribution in [0.3, 0.4) is 0 Å². The predicted octanol–water partition coefficient (Wildman–Crippen LogP) is 3.15. The fourth-order valence-electron chi connectivity index (χ4n) is 1.87. The highest BCUT2D eigenvalue weighted by atomic mass is 35.5. The van der Waals surface area contributed by atoms with E-state index in [-0.39, 0.29) is 17.2 Å². The monoisotopic (exact) mass is 308 g/mol. The molecule has 1 aromatic carbocycles. The number of hydrogen-bond donors (Lipinski definition) is 1. The highest BCUT2D eigenvalue weighted by Gasteiger charge is 2.24. The van der Waals surface area contributed by atoms with Crippen LogP contribution in [0.15, 0.2) is 24.5 Å². The molecule has 0 spiro atoms. The van der Waals surface area contributed by atoms with Gasteiger partial charge >= 0.3 is 5.69 Å². The molecule has 0 bridgehead atoms. The lowest BCUT2D eigenvalue weighted by molar-refractivity contribution is -0.383. The van der Waals surface area contributed by atoms with Gasteiger partial charge in [-0.15, -0.1) is 0 Å². The number of anilines is 1. The van der Waals surface area contributed by atoms with E-state index in [9.17, 15) is 10.1 Å². The normalized spacial score (nSPS) is 10.2. The lowest BCUT2D eigenvalue weighted by Gasteiger charge is -2.09. The third-order valence-corrected chi connectivity index (χ3v) is 3.09. The molecule has 8 heteroatoms. The molecule has 0 aliphatic rings. The third kappa shape index (κ3) is 3.03. The van der Waals surface area contributed by atoms with Crippen LogP contribution in [0.2, 0.25) is 5.02 Å². The Morgan fingerprint density at radius 1 is 1.43 bits per heavy atom. The van der Waals surface area contributed by atoms with Crippen LogP contribution in [-0.4, -0.2) is 28.5 Å². The van der Waals surface area contributed by atoms with E-state index in [2.05, 4.69) is 15.3 Å². The Bertz CT molecular complexity index is 678. The first-order valence-electron chi connectivity index (χ1n) is 6.15. The first-order chi connectivity index (χ1) is 10.1. The van der Waals surface area contributed by atoms with E-state index in [0.29, 0.717) is 22.9 Å². The minimum atomic E-state index is -0.506. The molecule has 0 unspecified atom stereocenters. The highest BCUT2D eigenvalue weighted by Crippen LogP contribution is 2.36. The van der Waals surface area contributed by atoms with Crippen LogP contribution < -0.4 is 10.1 Å². The first-order valence-corrected chi connectivity index (χ1v) is 6.53. The molecule has 0 fully saturated rings. The van der Waals surface area contributed by atoms with Crippen molar-refractivity contribution in [2.75, 3.05) is 19.0 Å². The molecule has 0 amide bonds. The predicted molar refractivity (Wildman–Crippen MR) is 79.8 cm³/mol. The van der Waals surface area contributed by atoms with Gasteiger partial charge in [0, 0.05) is 12.1 Å². The number of aromatic nitrogens is 2. The van der Waals surface area contributed by atoms with E-state index < -0.39 is 4.92 Å². The topological polar surface area (TPSA) is 90.2 Å². The van der Waals surface area contributed by atoms with Crippen LogP contribution in [0.25, 0.3) is 11.3 Å². The molecule has 0 radical (unpaired) electrons. The summed E-state index contributed by atoms with van der Waals surface area (Å²) in [6.07, 6.45) is 1.28. The van der Waals surface area contributed by atoms with Crippen LogP contribution >= 0.6 is 11.6 Å². The van der Waals surface area contributed by atoms with Gasteiger partial charge in [-0.2, -0.15) is 0 Å². The highest BCUT2D eigenvalue weighted by molar-refractivity contribution is 6.32. The summed E-state index contributed by atoms with van der Waals surface area (Å²) in [6, 6.07) is 4.86. The largest absolute Gasteiger partial charge is 0.495 e. The summed E-state index contributed by atoms with van der Waals surface area (Å²) in [6.45, 7) is 2.35. The molecule has 0 aliphatic carbocycles. The zero-order valence-corrected chi connectivity index (χ0v) is 12.2. The van der Waals surface area contributed by atoms with Crippen molar-refractivity contribution in [3.8, 4) is 17.0 Å². The number of hydrogen-bond acceptors (Lipinski definition) is 6. The maximum absolute atomic E-state index is 11.3. The smallest absolute Gasteiger partial charge is 0.337 e. The summed E-state index contributed by atoms with van der Waals surface area (Å²) < 4.78 is 5.12. The molecule has 2 rings (SSSR count). The van der Waals surface area contributed by atoms with Crippen LogP contribution in [0.1, 0.15) is 6.92 Å². The molecule has 0 atom stereocenters. The van der Waals surface area contributed by atoms with Crippen molar-refractivity contribution < 1.29 is 9.66 Å². The SMILES string of the molecule is CCNc1ncnc(-c2ccc(Cl)c(OC)c2)c1[N+](=O)[O-]. The number of rotatable bonds is 5. The van der Waals surface area contributed by atoms with Gasteiger partial charge in [0.1, 0.15) is 12.1 Å². The molecule has 1 N–H and O–H groups in total. The summed E-state index contributed by atoms with van der Waals surface area (Å²) in [5, 5.41) is 14.6. The molecule has 0 aliphatic heterocycles. The van der Waals surface area contributed by atoms with Crippen molar-refractivity contribution in [1.29, 1.82) is 0 Å². The van der Waals surface area contributed by atoms with Crippen molar-refractivity contribution >= 4 is 23.1 Å². The van der Waals surface area contributed by atoms with Crippen molar-refractivity contribution in [2.24, 2.45) is 0 Å². The van der Waals surface area contributed by atoms with Gasteiger partial charge < -0.3 is 10.1 Å². The summed E-state index contributed by atoms with van der Waals surface area (Å²) in [7, 11) is 1.48. The van der Waals surface area contributed by atoms with E-state index in [1.54, 1.807) is 18.2 Å². The van der Waals surface area contributed by atoms with Crippen LogP contribution in [0, 0.1) is 10.1 Å². The molecule has 110 valence electrons. The van der Waals surface area contributed by atoms with Crippen LogP contribution in [0.5, 0.6) is 5.75 Å². The average molecular weight is 309 g/mol. The molecule has 0 saturated heterocycles. The van der Waals surface area contributed by atoms with Crippen molar-refractivity contribution in [1.82, 2.24) is 9.97 Å².